The minimum absolute atomic E-state index is 0.141. The molecule has 0 spiro atoms. The van der Waals surface area contributed by atoms with Crippen LogP contribution in [0.1, 0.15) is 5.69 Å². The van der Waals surface area contributed by atoms with E-state index in [4.69, 9.17) is 0 Å². The molecule has 196 valence electrons. The topological polar surface area (TPSA) is 56.3 Å². The van der Waals surface area contributed by atoms with E-state index < -0.39 is 85.2 Å². The number of alkyl halides is 8. The van der Waals surface area contributed by atoms with Gasteiger partial charge < -0.3 is 4.74 Å². The summed E-state index contributed by atoms with van der Waals surface area (Å²) in [7, 11) is -7.89. The van der Waals surface area contributed by atoms with Gasteiger partial charge in [-0.05, 0) is 6.92 Å². The molecule has 0 bridgehead atoms. The first-order chi connectivity index (χ1) is 15.5. The van der Waals surface area contributed by atoms with Crippen molar-refractivity contribution in [3.05, 3.63) is 46.9 Å². The smallest absolute Gasteiger partial charge is 0.428 e. The Labute approximate surface area is 184 Å². The average molecular weight is 557 g/mol. The molecule has 1 heterocycles. The number of hydrogen-bond donors (Lipinski definition) is 0. The summed E-state index contributed by atoms with van der Waals surface area (Å²) in [6.07, 6.45) is -6.80. The monoisotopic (exact) mass is 557 g/mol. The molecule has 0 N–H and O–H groups in total. The lowest BCUT2D eigenvalue weighted by Gasteiger charge is -2.34. The number of ether oxygens (including phenoxy) is 1. The molecule has 0 radical (unpaired) electrons. The zero-order valence-electron chi connectivity index (χ0n) is 16.0. The second-order valence-electron chi connectivity index (χ2n) is 6.50. The Bertz CT molecular complexity index is 1250. The van der Waals surface area contributed by atoms with Gasteiger partial charge in [-0.3, -0.25) is 4.98 Å². The van der Waals surface area contributed by atoms with Crippen molar-refractivity contribution in [2.45, 2.75) is 30.1 Å². The Morgan fingerprint density at radius 2 is 1.17 bits per heavy atom. The van der Waals surface area contributed by atoms with E-state index in [1.807, 2.05) is 0 Å². The summed E-state index contributed by atoms with van der Waals surface area (Å²) in [5.41, 5.74) is -4.13. The van der Waals surface area contributed by atoms with Crippen molar-refractivity contribution < 1.29 is 74.1 Å². The first-order valence-electron chi connectivity index (χ1n) is 8.16. The van der Waals surface area contributed by atoms with Crippen LogP contribution in [-0.2, 0) is 10.2 Å². The number of nitrogens with zero attached hydrogens (tertiary/aromatic N) is 1. The van der Waals surface area contributed by atoms with Gasteiger partial charge in [0.25, 0.3) is 0 Å². The van der Waals surface area contributed by atoms with Crippen LogP contribution >= 0.6 is 0 Å². The molecule has 1 aromatic heterocycles. The third kappa shape index (κ3) is 4.33. The summed E-state index contributed by atoms with van der Waals surface area (Å²) in [5, 5.41) is -7.40. The Morgan fingerprint density at radius 1 is 0.743 bits per heavy atom. The summed E-state index contributed by atoms with van der Waals surface area (Å²) >= 11 is 0. The summed E-state index contributed by atoms with van der Waals surface area (Å²) in [5.74, 6) is -29.9. The fourth-order valence-electron chi connectivity index (χ4n) is 2.38. The van der Waals surface area contributed by atoms with Crippen LogP contribution in [0.25, 0.3) is 11.3 Å². The number of aromatic nitrogens is 1. The SMILES string of the molecule is Cc1cc(OC(F)(F)C(F)(F)C(F)(F)C(F)(F)S(=O)(=O)F)cc(-c2c(F)c(F)c(F)c(F)c2F)n1. The molecule has 2 rings (SSSR count). The molecule has 0 amide bonds. The van der Waals surface area contributed by atoms with E-state index >= 15 is 0 Å². The minimum Gasteiger partial charge on any atom is -0.428 e. The van der Waals surface area contributed by atoms with Gasteiger partial charge in [-0.1, -0.05) is 3.89 Å². The lowest BCUT2D eigenvalue weighted by molar-refractivity contribution is -0.396. The Morgan fingerprint density at radius 3 is 1.60 bits per heavy atom. The molecule has 0 saturated heterocycles. The molecule has 2 aromatic rings. The quantitative estimate of drug-likeness (QED) is 0.185. The second kappa shape index (κ2) is 8.37. The Balaban J connectivity index is 2.64. The highest BCUT2D eigenvalue weighted by atomic mass is 32.3. The average Bonchev–Trinajstić information content (AvgIpc) is 2.69. The number of halogens is 14. The van der Waals surface area contributed by atoms with Gasteiger partial charge in [-0.15, -0.1) is 0 Å². The summed E-state index contributed by atoms with van der Waals surface area (Å²) in [4.78, 5) is 3.20. The van der Waals surface area contributed by atoms with Crippen LogP contribution in [0.15, 0.2) is 12.1 Å². The molecule has 0 unspecified atom stereocenters. The van der Waals surface area contributed by atoms with Crippen molar-refractivity contribution in [1.29, 1.82) is 0 Å². The summed E-state index contributed by atoms with van der Waals surface area (Å²) in [6, 6.07) is -0.0842. The van der Waals surface area contributed by atoms with Gasteiger partial charge in [0, 0.05) is 17.8 Å². The standard InChI is InChI=1S/C16H5F14NO3S/c1-4-2-5(3-6(31-4)7-8(17)10(19)12(21)11(20)9(7)18)34-15(26,27)13(22,23)14(24,25)16(28,29)35(30,32)33/h2-3H,1H3. The van der Waals surface area contributed by atoms with E-state index in [0.29, 0.717) is 0 Å². The van der Waals surface area contributed by atoms with Crippen LogP contribution in [0.5, 0.6) is 5.75 Å². The Kier molecular flexibility index (Phi) is 6.79. The summed E-state index contributed by atoms with van der Waals surface area (Å²) < 4.78 is 212. The zero-order valence-corrected chi connectivity index (χ0v) is 16.8. The van der Waals surface area contributed by atoms with E-state index in [1.165, 1.54) is 0 Å². The van der Waals surface area contributed by atoms with Gasteiger partial charge in [0.1, 0.15) is 5.75 Å². The highest BCUT2D eigenvalue weighted by molar-refractivity contribution is 7.87. The molecular weight excluding hydrogens is 552 g/mol. The van der Waals surface area contributed by atoms with Crippen LogP contribution in [0, 0.1) is 36.0 Å². The molecule has 0 fully saturated rings. The molecule has 0 aliphatic rings. The number of benzene rings is 1. The molecule has 0 aliphatic heterocycles. The van der Waals surface area contributed by atoms with Crippen molar-refractivity contribution in [3.63, 3.8) is 0 Å². The van der Waals surface area contributed by atoms with Crippen molar-refractivity contribution in [3.8, 4) is 17.0 Å². The van der Waals surface area contributed by atoms with E-state index in [2.05, 4.69) is 9.72 Å². The molecular formula is C16H5F14NO3S. The molecule has 1 aromatic carbocycles. The molecule has 0 saturated carbocycles. The number of hydrogen-bond acceptors (Lipinski definition) is 4. The van der Waals surface area contributed by atoms with Gasteiger partial charge in [0.2, 0.25) is 5.82 Å². The van der Waals surface area contributed by atoms with Gasteiger partial charge in [-0.25, -0.2) is 22.0 Å². The molecule has 0 atom stereocenters. The minimum atomic E-state index is -7.89. The highest BCUT2D eigenvalue weighted by Gasteiger charge is 2.86. The lowest BCUT2D eigenvalue weighted by Crippen LogP contribution is -2.65. The molecule has 19 heteroatoms. The van der Waals surface area contributed by atoms with Crippen LogP contribution in [0.2, 0.25) is 0 Å². The number of pyridine rings is 1. The van der Waals surface area contributed by atoms with Crippen molar-refractivity contribution >= 4 is 10.2 Å². The van der Waals surface area contributed by atoms with Crippen molar-refractivity contribution in [1.82, 2.24) is 4.98 Å². The van der Waals surface area contributed by atoms with Gasteiger partial charge in [-0.2, -0.15) is 43.5 Å². The number of aryl methyl sites for hydroxylation is 1. The predicted molar refractivity (Wildman–Crippen MR) is 84.6 cm³/mol. The van der Waals surface area contributed by atoms with Crippen molar-refractivity contribution in [2.24, 2.45) is 0 Å². The first-order valence-corrected chi connectivity index (χ1v) is 9.54. The molecule has 4 nitrogen and oxygen atoms in total. The zero-order chi connectivity index (χ0) is 27.5. The third-order valence-corrected chi connectivity index (χ3v) is 4.94. The Hall–Kier alpha value is -2.86. The predicted octanol–water partition coefficient (Wildman–Crippen LogP) is 5.89. The van der Waals surface area contributed by atoms with Crippen molar-refractivity contribution in [2.75, 3.05) is 0 Å². The third-order valence-electron chi connectivity index (χ3n) is 4.07. The van der Waals surface area contributed by atoms with Crippen LogP contribution in [-0.4, -0.2) is 36.6 Å². The van der Waals surface area contributed by atoms with Crippen LogP contribution in [0.4, 0.5) is 61.0 Å². The van der Waals surface area contributed by atoms with E-state index in [0.717, 1.165) is 6.92 Å². The van der Waals surface area contributed by atoms with Crippen LogP contribution < -0.4 is 4.74 Å². The maximum Gasteiger partial charge on any atom is 0.471 e. The van der Waals surface area contributed by atoms with Gasteiger partial charge >= 0.3 is 33.4 Å². The van der Waals surface area contributed by atoms with Gasteiger partial charge in [0.05, 0.1) is 11.3 Å². The molecule has 0 aliphatic carbocycles. The largest absolute Gasteiger partial charge is 0.471 e. The number of rotatable bonds is 7. The molecule has 35 heavy (non-hydrogen) atoms. The summed E-state index contributed by atoms with van der Waals surface area (Å²) in [6.45, 7) is 0.733. The van der Waals surface area contributed by atoms with Gasteiger partial charge in [0.15, 0.2) is 23.3 Å². The maximum atomic E-state index is 13.9. The lowest BCUT2D eigenvalue weighted by atomic mass is 10.1. The van der Waals surface area contributed by atoms with E-state index in [1.54, 1.807) is 0 Å². The van der Waals surface area contributed by atoms with Crippen LogP contribution in [0.3, 0.4) is 0 Å². The fraction of sp³-hybridized carbons (Fsp3) is 0.312. The normalized spacial score (nSPS) is 13.8. The fourth-order valence-corrected chi connectivity index (χ4v) is 2.82. The van der Waals surface area contributed by atoms with E-state index in [9.17, 15) is 69.4 Å². The highest BCUT2D eigenvalue weighted by Crippen LogP contribution is 2.55. The second-order valence-corrected chi connectivity index (χ2v) is 7.89. The maximum absolute atomic E-state index is 13.9. The van der Waals surface area contributed by atoms with E-state index in [-0.39, 0.29) is 12.1 Å². The first kappa shape index (κ1) is 28.4.